The first-order valence-electron chi connectivity index (χ1n) is 4.04. The molecule has 0 aromatic heterocycles. The summed E-state index contributed by atoms with van der Waals surface area (Å²) in [5, 5.41) is 2.84. The lowest BCUT2D eigenvalue weighted by Gasteiger charge is -2.05. The van der Waals surface area contributed by atoms with Crippen molar-refractivity contribution in [2.45, 2.75) is 0 Å². The Morgan fingerprint density at radius 3 is 2.38 bits per heavy atom. The third-order valence-corrected chi connectivity index (χ3v) is 2.38. The number of halogens is 1. The lowest BCUT2D eigenvalue weighted by Crippen LogP contribution is -1.84. The van der Waals surface area contributed by atoms with Crippen molar-refractivity contribution in [2.75, 3.05) is 7.11 Å². The smallest absolute Gasteiger partial charge is 0.126 e. The lowest BCUT2D eigenvalue weighted by atomic mass is 10.1. The van der Waals surface area contributed by atoms with Crippen molar-refractivity contribution in [1.29, 1.82) is 0 Å². The number of methoxy groups -OCH3 is 1. The van der Waals surface area contributed by atoms with Crippen LogP contribution in [0.1, 0.15) is 0 Å². The van der Waals surface area contributed by atoms with Crippen molar-refractivity contribution in [3.8, 4) is 5.75 Å². The van der Waals surface area contributed by atoms with Crippen molar-refractivity contribution in [2.24, 2.45) is 0 Å². The maximum absolute atomic E-state index is 6.03. The Morgan fingerprint density at radius 2 is 1.69 bits per heavy atom. The highest BCUT2D eigenvalue weighted by molar-refractivity contribution is 6.35. The third-order valence-electron chi connectivity index (χ3n) is 2.05. The van der Waals surface area contributed by atoms with Gasteiger partial charge in [-0.3, -0.25) is 0 Å². The largest absolute Gasteiger partial charge is 0.496 e. The van der Waals surface area contributed by atoms with E-state index in [1.54, 1.807) is 7.11 Å². The Kier molecular flexibility index (Phi) is 2.11. The summed E-state index contributed by atoms with van der Waals surface area (Å²) in [6.45, 7) is 0. The molecule has 0 atom stereocenters. The summed E-state index contributed by atoms with van der Waals surface area (Å²) in [6.07, 6.45) is 0. The number of fused-ring (bicyclic) bond motifs is 1. The molecule has 0 aliphatic rings. The van der Waals surface area contributed by atoms with E-state index < -0.39 is 0 Å². The summed E-state index contributed by atoms with van der Waals surface area (Å²) in [4.78, 5) is 0. The van der Waals surface area contributed by atoms with E-state index in [4.69, 9.17) is 16.3 Å². The highest BCUT2D eigenvalue weighted by Gasteiger charge is 2.02. The molecule has 0 aliphatic heterocycles. The standard InChI is InChI=1S/C11H9ClO/c1-13-11-7-6-10(12)8-4-2-3-5-9(8)11/h2-7H,1H3. The Bertz CT molecular complexity index is 437. The predicted molar refractivity (Wildman–Crippen MR) is 55.5 cm³/mol. The van der Waals surface area contributed by atoms with E-state index in [1.165, 1.54) is 0 Å². The van der Waals surface area contributed by atoms with Gasteiger partial charge in [0.05, 0.1) is 7.11 Å². The highest BCUT2D eigenvalue weighted by atomic mass is 35.5. The first-order valence-corrected chi connectivity index (χ1v) is 4.42. The van der Waals surface area contributed by atoms with Crippen LogP contribution in [0.5, 0.6) is 5.75 Å². The van der Waals surface area contributed by atoms with Gasteiger partial charge in [0.2, 0.25) is 0 Å². The monoisotopic (exact) mass is 192 g/mol. The number of ether oxygens (including phenoxy) is 1. The van der Waals surface area contributed by atoms with Crippen LogP contribution in [0.3, 0.4) is 0 Å². The van der Waals surface area contributed by atoms with Crippen LogP contribution in [0.4, 0.5) is 0 Å². The van der Waals surface area contributed by atoms with Crippen LogP contribution in [0.15, 0.2) is 36.4 Å². The molecule has 1 nitrogen and oxygen atoms in total. The molecule has 2 aromatic rings. The van der Waals surface area contributed by atoms with Crippen LogP contribution in [0.25, 0.3) is 10.8 Å². The van der Waals surface area contributed by atoms with Crippen LogP contribution >= 0.6 is 11.6 Å². The molecule has 0 saturated carbocycles. The van der Waals surface area contributed by atoms with E-state index in [9.17, 15) is 0 Å². The van der Waals surface area contributed by atoms with E-state index in [-0.39, 0.29) is 0 Å². The van der Waals surface area contributed by atoms with Crippen molar-refractivity contribution in [1.82, 2.24) is 0 Å². The van der Waals surface area contributed by atoms with E-state index in [0.29, 0.717) is 0 Å². The number of rotatable bonds is 1. The zero-order valence-electron chi connectivity index (χ0n) is 7.25. The molecular weight excluding hydrogens is 184 g/mol. The van der Waals surface area contributed by atoms with Gasteiger partial charge in [-0.2, -0.15) is 0 Å². The zero-order chi connectivity index (χ0) is 9.26. The van der Waals surface area contributed by atoms with Crippen LogP contribution in [0, 0.1) is 0 Å². The Balaban J connectivity index is 2.84. The van der Waals surface area contributed by atoms with Gasteiger partial charge in [-0.15, -0.1) is 0 Å². The fourth-order valence-electron chi connectivity index (χ4n) is 1.41. The van der Waals surface area contributed by atoms with Crippen LogP contribution < -0.4 is 4.74 Å². The van der Waals surface area contributed by atoms with Crippen molar-refractivity contribution < 1.29 is 4.74 Å². The molecule has 0 unspecified atom stereocenters. The average molecular weight is 193 g/mol. The maximum Gasteiger partial charge on any atom is 0.126 e. The molecule has 0 spiro atoms. The number of hydrogen-bond acceptors (Lipinski definition) is 1. The van der Waals surface area contributed by atoms with Gasteiger partial charge in [0.15, 0.2) is 0 Å². The van der Waals surface area contributed by atoms with Crippen LogP contribution in [0.2, 0.25) is 5.02 Å². The third kappa shape index (κ3) is 1.36. The highest BCUT2D eigenvalue weighted by Crippen LogP contribution is 2.30. The first kappa shape index (κ1) is 8.39. The molecule has 0 heterocycles. The van der Waals surface area contributed by atoms with Gasteiger partial charge in [0.1, 0.15) is 5.75 Å². The topological polar surface area (TPSA) is 9.23 Å². The number of hydrogen-bond donors (Lipinski definition) is 0. The molecule has 2 rings (SSSR count). The van der Waals surface area contributed by atoms with Gasteiger partial charge < -0.3 is 4.74 Å². The fraction of sp³-hybridized carbons (Fsp3) is 0.0909. The van der Waals surface area contributed by atoms with Gasteiger partial charge in [0.25, 0.3) is 0 Å². The maximum atomic E-state index is 6.03. The van der Waals surface area contributed by atoms with Crippen molar-refractivity contribution in [3.63, 3.8) is 0 Å². The van der Waals surface area contributed by atoms with E-state index in [1.807, 2.05) is 36.4 Å². The van der Waals surface area contributed by atoms with Gasteiger partial charge in [0, 0.05) is 15.8 Å². The Hall–Kier alpha value is -1.21. The first-order chi connectivity index (χ1) is 6.33. The molecule has 2 aromatic carbocycles. The SMILES string of the molecule is COc1ccc(Cl)c2ccccc12. The fourth-order valence-corrected chi connectivity index (χ4v) is 1.64. The second-order valence-corrected chi connectivity index (χ2v) is 3.20. The van der Waals surface area contributed by atoms with Crippen LogP contribution in [-0.4, -0.2) is 7.11 Å². The molecule has 66 valence electrons. The minimum atomic E-state index is 0.761. The molecule has 0 aliphatic carbocycles. The van der Waals surface area contributed by atoms with Crippen molar-refractivity contribution >= 4 is 22.4 Å². The molecule has 0 radical (unpaired) electrons. The second-order valence-electron chi connectivity index (χ2n) is 2.80. The quantitative estimate of drug-likeness (QED) is 0.672. The average Bonchev–Trinajstić information content (AvgIpc) is 2.19. The molecule has 2 heteroatoms. The Labute approximate surface area is 81.9 Å². The molecule has 0 fully saturated rings. The summed E-state index contributed by atoms with van der Waals surface area (Å²) in [6, 6.07) is 11.7. The molecule has 13 heavy (non-hydrogen) atoms. The van der Waals surface area contributed by atoms with Crippen molar-refractivity contribution in [3.05, 3.63) is 41.4 Å². The minimum Gasteiger partial charge on any atom is -0.496 e. The normalized spacial score (nSPS) is 10.3. The van der Waals surface area contributed by atoms with Gasteiger partial charge >= 0.3 is 0 Å². The summed E-state index contributed by atoms with van der Waals surface area (Å²) >= 11 is 6.03. The Morgan fingerprint density at radius 1 is 1.00 bits per heavy atom. The summed E-state index contributed by atoms with van der Waals surface area (Å²) < 4.78 is 5.22. The molecular formula is C11H9ClO. The second kappa shape index (κ2) is 3.27. The summed E-state index contributed by atoms with van der Waals surface area (Å²) in [5.74, 6) is 0.861. The van der Waals surface area contributed by atoms with Gasteiger partial charge in [-0.1, -0.05) is 35.9 Å². The predicted octanol–water partition coefficient (Wildman–Crippen LogP) is 3.50. The molecule has 0 amide bonds. The molecule has 0 saturated heterocycles. The minimum absolute atomic E-state index is 0.761. The number of benzene rings is 2. The van der Waals surface area contributed by atoms with E-state index in [0.717, 1.165) is 21.5 Å². The van der Waals surface area contributed by atoms with Gasteiger partial charge in [-0.25, -0.2) is 0 Å². The molecule has 0 N–H and O–H groups in total. The van der Waals surface area contributed by atoms with Crippen LogP contribution in [-0.2, 0) is 0 Å². The summed E-state index contributed by atoms with van der Waals surface area (Å²) in [5.41, 5.74) is 0. The molecule has 0 bridgehead atoms. The van der Waals surface area contributed by atoms with E-state index in [2.05, 4.69) is 0 Å². The summed E-state index contributed by atoms with van der Waals surface area (Å²) in [7, 11) is 1.66. The van der Waals surface area contributed by atoms with E-state index >= 15 is 0 Å². The zero-order valence-corrected chi connectivity index (χ0v) is 8.01. The van der Waals surface area contributed by atoms with Gasteiger partial charge in [-0.05, 0) is 12.1 Å². The lowest BCUT2D eigenvalue weighted by molar-refractivity contribution is 0.420.